The Morgan fingerprint density at radius 2 is 1.86 bits per heavy atom. The number of anilines is 1. The average molecular weight is 432 g/mol. The fourth-order valence-electron chi connectivity index (χ4n) is 3.40. The summed E-state index contributed by atoms with van der Waals surface area (Å²) in [6.07, 6.45) is -0.794. The number of carbonyl (C=O) groups excluding carboxylic acids is 1. The van der Waals surface area contributed by atoms with Crippen LogP contribution in [0.1, 0.15) is 30.7 Å². The molecule has 1 heterocycles. The van der Waals surface area contributed by atoms with Crippen molar-refractivity contribution in [2.75, 3.05) is 11.6 Å². The molecule has 1 unspecified atom stereocenters. The molecular weight excluding hydrogens is 413 g/mol. The quantitative estimate of drug-likeness (QED) is 0.752. The van der Waals surface area contributed by atoms with Crippen LogP contribution < -0.4 is 5.32 Å². The summed E-state index contributed by atoms with van der Waals surface area (Å²) in [5.74, 6) is -1.59. The van der Waals surface area contributed by atoms with E-state index in [4.69, 9.17) is 0 Å². The van der Waals surface area contributed by atoms with Gasteiger partial charge in [0.2, 0.25) is 5.91 Å². The Labute approximate surface area is 164 Å². The molecule has 0 spiro atoms. The van der Waals surface area contributed by atoms with Crippen LogP contribution >= 0.6 is 11.3 Å². The van der Waals surface area contributed by atoms with Crippen LogP contribution in [0.2, 0.25) is 0 Å². The van der Waals surface area contributed by atoms with Gasteiger partial charge in [-0.15, -0.1) is 0 Å². The molecule has 0 radical (unpaired) electrons. The molecule has 1 fully saturated rings. The molecule has 3 rings (SSSR count). The Morgan fingerprint density at radius 1 is 1.25 bits per heavy atom. The van der Waals surface area contributed by atoms with Gasteiger partial charge in [-0.1, -0.05) is 23.5 Å². The van der Waals surface area contributed by atoms with Gasteiger partial charge in [0.1, 0.15) is 12.3 Å². The van der Waals surface area contributed by atoms with Gasteiger partial charge < -0.3 is 5.32 Å². The van der Waals surface area contributed by atoms with Crippen LogP contribution in [-0.2, 0) is 14.6 Å². The van der Waals surface area contributed by atoms with Crippen LogP contribution in [0.4, 0.5) is 18.3 Å². The van der Waals surface area contributed by atoms with Crippen LogP contribution in [-0.4, -0.2) is 37.9 Å². The van der Waals surface area contributed by atoms with Crippen LogP contribution in [0.5, 0.6) is 0 Å². The molecule has 1 amide bonds. The van der Waals surface area contributed by atoms with Crippen molar-refractivity contribution in [2.45, 2.75) is 42.4 Å². The smallest absolute Gasteiger partial charge is 0.233 e. The van der Waals surface area contributed by atoms with Crippen molar-refractivity contribution < 1.29 is 26.4 Å². The number of hydrogen-bond acceptors (Lipinski definition) is 5. The van der Waals surface area contributed by atoms with E-state index in [1.54, 1.807) is 0 Å². The highest BCUT2D eigenvalue weighted by atomic mass is 32.2. The lowest BCUT2D eigenvalue weighted by Crippen LogP contribution is -2.23. The molecule has 1 aromatic carbocycles. The van der Waals surface area contributed by atoms with E-state index in [-0.39, 0.29) is 35.2 Å². The predicted octanol–water partition coefficient (Wildman–Crippen LogP) is 3.88. The van der Waals surface area contributed by atoms with Crippen molar-refractivity contribution in [1.82, 2.24) is 4.98 Å². The van der Waals surface area contributed by atoms with Crippen LogP contribution in [0, 0.1) is 11.0 Å². The van der Waals surface area contributed by atoms with Gasteiger partial charge in [-0.05, 0) is 42.9 Å². The van der Waals surface area contributed by atoms with E-state index in [0.29, 0.717) is 16.9 Å². The van der Waals surface area contributed by atoms with E-state index < -0.39 is 39.1 Å². The fourth-order valence-corrected chi connectivity index (χ4v) is 4.58. The molecule has 5 nitrogen and oxygen atoms in total. The molecule has 1 N–H and O–H groups in total. The third-order valence-corrected chi connectivity index (χ3v) is 6.64. The summed E-state index contributed by atoms with van der Waals surface area (Å²) in [5, 5.41) is 2.05. The van der Waals surface area contributed by atoms with E-state index >= 15 is 0 Å². The fraction of sp³-hybridized carbons (Fsp3) is 0.444. The first kappa shape index (κ1) is 20.8. The lowest BCUT2D eigenvalue weighted by Gasteiger charge is -2.20. The molecule has 4 atom stereocenters. The van der Waals surface area contributed by atoms with Crippen molar-refractivity contribution in [3.05, 3.63) is 41.2 Å². The Hall–Kier alpha value is -1.94. The highest BCUT2D eigenvalue weighted by Gasteiger charge is 2.37. The summed E-state index contributed by atoms with van der Waals surface area (Å²) in [6, 6.07) is 5.80. The molecule has 1 saturated carbocycles. The maximum absolute atomic E-state index is 13.6. The zero-order valence-corrected chi connectivity index (χ0v) is 16.6. The number of nitrogens with zero attached hydrogens (tertiary/aromatic N) is 1. The number of alkyl halides is 2. The van der Waals surface area contributed by atoms with Gasteiger partial charge in [0.15, 0.2) is 20.1 Å². The molecule has 28 heavy (non-hydrogen) atoms. The molecule has 10 heteroatoms. The number of hydrogen-bond donors (Lipinski definition) is 1. The SMILES string of the molecule is CS(=O)(=O)c1ccc([C@@H](CC2C[C@@H](F)[C@@H](F)C2)C(=O)Nc2ncc(F)s2)cc1. The largest absolute Gasteiger partial charge is 0.301 e. The molecule has 0 bridgehead atoms. The Bertz CT molecular complexity index is 937. The molecule has 1 aromatic heterocycles. The summed E-state index contributed by atoms with van der Waals surface area (Å²) in [6.45, 7) is 0. The lowest BCUT2D eigenvalue weighted by molar-refractivity contribution is -0.118. The zero-order valence-electron chi connectivity index (χ0n) is 14.9. The number of sulfone groups is 1. The van der Waals surface area contributed by atoms with Gasteiger partial charge in [0, 0.05) is 6.26 Å². The zero-order chi connectivity index (χ0) is 20.5. The van der Waals surface area contributed by atoms with Crippen LogP contribution in [0.3, 0.4) is 0 Å². The second kappa shape index (κ2) is 8.20. The van der Waals surface area contributed by atoms with Gasteiger partial charge in [-0.2, -0.15) is 4.39 Å². The number of halogens is 3. The predicted molar refractivity (Wildman–Crippen MR) is 100 cm³/mol. The van der Waals surface area contributed by atoms with Crippen molar-refractivity contribution in [1.29, 1.82) is 0 Å². The van der Waals surface area contributed by atoms with Gasteiger partial charge in [-0.3, -0.25) is 4.79 Å². The third kappa shape index (κ3) is 4.91. The second-order valence-electron chi connectivity index (χ2n) is 6.96. The minimum absolute atomic E-state index is 0.0260. The Kier molecular flexibility index (Phi) is 6.09. The summed E-state index contributed by atoms with van der Waals surface area (Å²) in [4.78, 5) is 16.6. The number of thiazole rings is 1. The number of nitrogens with one attached hydrogen (secondary N) is 1. The maximum Gasteiger partial charge on any atom is 0.233 e. The topological polar surface area (TPSA) is 76.1 Å². The normalized spacial score (nSPS) is 23.5. The molecule has 1 aliphatic rings. The summed E-state index contributed by atoms with van der Waals surface area (Å²) in [7, 11) is -3.40. The van der Waals surface area contributed by atoms with E-state index in [1.807, 2.05) is 0 Å². The van der Waals surface area contributed by atoms with E-state index in [0.717, 1.165) is 12.5 Å². The highest BCUT2D eigenvalue weighted by molar-refractivity contribution is 7.90. The third-order valence-electron chi connectivity index (χ3n) is 4.81. The number of amides is 1. The number of rotatable bonds is 6. The van der Waals surface area contributed by atoms with Gasteiger partial charge in [0.05, 0.1) is 17.0 Å². The Balaban J connectivity index is 1.84. The monoisotopic (exact) mass is 432 g/mol. The van der Waals surface area contributed by atoms with Crippen molar-refractivity contribution >= 4 is 32.2 Å². The van der Waals surface area contributed by atoms with E-state index in [9.17, 15) is 26.4 Å². The first-order valence-electron chi connectivity index (χ1n) is 8.64. The minimum Gasteiger partial charge on any atom is -0.301 e. The summed E-state index contributed by atoms with van der Waals surface area (Å²) < 4.78 is 63.5. The summed E-state index contributed by atoms with van der Waals surface area (Å²) >= 11 is 0.669. The summed E-state index contributed by atoms with van der Waals surface area (Å²) in [5.41, 5.74) is 0.514. The lowest BCUT2D eigenvalue weighted by atomic mass is 9.87. The maximum atomic E-state index is 13.6. The average Bonchev–Trinajstić information content (AvgIpc) is 3.17. The molecule has 0 saturated heterocycles. The molecule has 1 aliphatic carbocycles. The number of carbonyl (C=O) groups is 1. The van der Waals surface area contributed by atoms with Crippen LogP contribution in [0.25, 0.3) is 0 Å². The van der Waals surface area contributed by atoms with Gasteiger partial charge in [0.25, 0.3) is 0 Å². The van der Waals surface area contributed by atoms with E-state index in [2.05, 4.69) is 10.3 Å². The second-order valence-corrected chi connectivity index (χ2v) is 9.95. The minimum atomic E-state index is -3.40. The van der Waals surface area contributed by atoms with Crippen molar-refractivity contribution in [3.8, 4) is 0 Å². The van der Waals surface area contributed by atoms with Crippen LogP contribution in [0.15, 0.2) is 35.4 Å². The molecule has 0 aliphatic heterocycles. The van der Waals surface area contributed by atoms with E-state index in [1.165, 1.54) is 24.3 Å². The van der Waals surface area contributed by atoms with Crippen molar-refractivity contribution in [2.24, 2.45) is 5.92 Å². The van der Waals surface area contributed by atoms with Gasteiger partial charge in [-0.25, -0.2) is 22.2 Å². The number of aromatic nitrogens is 1. The molecule has 152 valence electrons. The first-order chi connectivity index (χ1) is 13.1. The highest BCUT2D eigenvalue weighted by Crippen LogP contribution is 2.38. The van der Waals surface area contributed by atoms with Crippen molar-refractivity contribution in [3.63, 3.8) is 0 Å². The number of benzene rings is 1. The Morgan fingerprint density at radius 3 is 2.36 bits per heavy atom. The molecule has 2 aromatic rings. The first-order valence-corrected chi connectivity index (χ1v) is 11.3. The molecular formula is C18H19F3N2O3S2. The standard InChI is InChI=1S/C18H19F3N2O3S2/c1-28(25,26)12-4-2-11(3-5-12)13(6-10-7-14(19)15(20)8-10)17(24)23-18-22-9-16(21)27-18/h2-5,9-10,13-15H,6-8H2,1H3,(H,22,23,24)/t10?,13-,14-,15+/m1/s1. The van der Waals surface area contributed by atoms with Gasteiger partial charge >= 0.3 is 0 Å².